The summed E-state index contributed by atoms with van der Waals surface area (Å²) in [5, 5.41) is 9.94. The fourth-order valence-electron chi connectivity index (χ4n) is 4.26. The molecule has 2 heterocycles. The number of hydrogen-bond acceptors (Lipinski definition) is 5. The Morgan fingerprint density at radius 2 is 2.12 bits per heavy atom. The SMILES string of the molecule is COCCC(=O)N1CCN(c2nc(C3CC3)c(-c3ccc(F)c(Cl)c3)cc2C#N)CC1C. The van der Waals surface area contributed by atoms with Crippen LogP contribution in [0.4, 0.5) is 10.2 Å². The summed E-state index contributed by atoms with van der Waals surface area (Å²) in [5.74, 6) is 0.590. The van der Waals surface area contributed by atoms with E-state index < -0.39 is 5.82 Å². The van der Waals surface area contributed by atoms with E-state index in [1.165, 1.54) is 6.07 Å². The van der Waals surface area contributed by atoms with Gasteiger partial charge in [0, 0.05) is 44.3 Å². The quantitative estimate of drug-likeness (QED) is 0.645. The average Bonchev–Trinajstić information content (AvgIpc) is 3.63. The molecule has 0 radical (unpaired) electrons. The second-order valence-electron chi connectivity index (χ2n) is 8.43. The molecule has 1 atom stereocenters. The van der Waals surface area contributed by atoms with Crippen LogP contribution in [0, 0.1) is 17.1 Å². The highest BCUT2D eigenvalue weighted by Gasteiger charge is 2.33. The van der Waals surface area contributed by atoms with Crippen molar-refractivity contribution in [1.29, 1.82) is 5.26 Å². The summed E-state index contributed by atoms with van der Waals surface area (Å²) >= 11 is 6.02. The molecule has 6 nitrogen and oxygen atoms in total. The number of aromatic nitrogens is 1. The number of carbonyl (C=O) groups excluding carboxylic acids is 1. The number of halogens is 2. The van der Waals surface area contributed by atoms with E-state index in [4.69, 9.17) is 21.3 Å². The van der Waals surface area contributed by atoms with Crippen molar-refractivity contribution in [2.24, 2.45) is 0 Å². The Labute approximate surface area is 192 Å². The van der Waals surface area contributed by atoms with Crippen LogP contribution in [-0.4, -0.2) is 55.2 Å². The number of anilines is 1. The molecule has 0 N–H and O–H groups in total. The van der Waals surface area contributed by atoms with Crippen molar-refractivity contribution >= 4 is 23.3 Å². The molecule has 1 unspecified atom stereocenters. The van der Waals surface area contributed by atoms with Gasteiger partial charge in [0.25, 0.3) is 0 Å². The molecule has 168 valence electrons. The largest absolute Gasteiger partial charge is 0.384 e. The van der Waals surface area contributed by atoms with E-state index in [1.54, 1.807) is 19.2 Å². The molecule has 0 spiro atoms. The molecule has 1 aromatic heterocycles. The molecule has 1 aliphatic carbocycles. The van der Waals surface area contributed by atoms with Gasteiger partial charge in [0.05, 0.1) is 29.3 Å². The molecule has 1 saturated carbocycles. The monoisotopic (exact) mass is 456 g/mol. The minimum absolute atomic E-state index is 0.00130. The number of methoxy groups -OCH3 is 1. The average molecular weight is 457 g/mol. The highest BCUT2D eigenvalue weighted by Crippen LogP contribution is 2.45. The number of benzene rings is 1. The Balaban J connectivity index is 1.64. The van der Waals surface area contributed by atoms with E-state index in [0.717, 1.165) is 29.7 Å². The Morgan fingerprint density at radius 3 is 2.75 bits per heavy atom. The van der Waals surface area contributed by atoms with Crippen LogP contribution in [0.25, 0.3) is 11.1 Å². The lowest BCUT2D eigenvalue weighted by Crippen LogP contribution is -2.54. The molecule has 2 fully saturated rings. The molecular weight excluding hydrogens is 431 g/mol. The van der Waals surface area contributed by atoms with Gasteiger partial charge in [-0.25, -0.2) is 9.37 Å². The molecule has 0 bridgehead atoms. The summed E-state index contributed by atoms with van der Waals surface area (Å²) < 4.78 is 18.7. The fraction of sp³-hybridized carbons (Fsp3) is 0.458. The van der Waals surface area contributed by atoms with Gasteiger partial charge in [0.15, 0.2) is 0 Å². The second kappa shape index (κ2) is 9.43. The zero-order chi connectivity index (χ0) is 22.8. The lowest BCUT2D eigenvalue weighted by molar-refractivity contribution is -0.134. The van der Waals surface area contributed by atoms with Crippen molar-refractivity contribution in [3.63, 3.8) is 0 Å². The topological polar surface area (TPSA) is 69.5 Å². The lowest BCUT2D eigenvalue weighted by atomic mass is 9.99. The molecular formula is C24H26ClFN4O2. The van der Waals surface area contributed by atoms with Gasteiger partial charge in [-0.3, -0.25) is 4.79 Å². The standard InChI is InChI=1S/C24H26ClFN4O2/c1-15-14-29(8-9-30(15)22(31)7-10-32-2)24-18(13-27)11-19(23(28-24)16-3-4-16)17-5-6-21(26)20(25)12-17/h5-6,11-12,15-16H,3-4,7-10,14H2,1-2H3. The van der Waals surface area contributed by atoms with E-state index in [0.29, 0.717) is 50.0 Å². The predicted octanol–water partition coefficient (Wildman–Crippen LogP) is 4.36. The normalized spacial score (nSPS) is 18.5. The van der Waals surface area contributed by atoms with Crippen LogP contribution in [0.15, 0.2) is 24.3 Å². The molecule has 1 saturated heterocycles. The van der Waals surface area contributed by atoms with Crippen molar-refractivity contribution in [1.82, 2.24) is 9.88 Å². The van der Waals surface area contributed by atoms with Gasteiger partial charge < -0.3 is 14.5 Å². The molecule has 1 aromatic carbocycles. The van der Waals surface area contributed by atoms with E-state index >= 15 is 0 Å². The predicted molar refractivity (Wildman–Crippen MR) is 121 cm³/mol. The fourth-order valence-corrected chi connectivity index (χ4v) is 4.44. The van der Waals surface area contributed by atoms with E-state index in [2.05, 4.69) is 11.0 Å². The van der Waals surface area contributed by atoms with Gasteiger partial charge >= 0.3 is 0 Å². The third-order valence-corrected chi connectivity index (χ3v) is 6.40. The van der Waals surface area contributed by atoms with Crippen molar-refractivity contribution in [2.75, 3.05) is 38.3 Å². The summed E-state index contributed by atoms with van der Waals surface area (Å²) in [6.45, 7) is 4.21. The maximum atomic E-state index is 13.7. The number of rotatable bonds is 6. The highest BCUT2D eigenvalue weighted by molar-refractivity contribution is 6.31. The van der Waals surface area contributed by atoms with Crippen LogP contribution in [0.3, 0.4) is 0 Å². The summed E-state index contributed by atoms with van der Waals surface area (Å²) in [7, 11) is 1.59. The number of pyridine rings is 1. The maximum Gasteiger partial charge on any atom is 0.225 e. The van der Waals surface area contributed by atoms with Gasteiger partial charge in [-0.15, -0.1) is 0 Å². The lowest BCUT2D eigenvalue weighted by Gasteiger charge is -2.41. The Kier molecular flexibility index (Phi) is 6.63. The van der Waals surface area contributed by atoms with Gasteiger partial charge in [-0.05, 0) is 43.5 Å². The van der Waals surface area contributed by atoms with Crippen molar-refractivity contribution < 1.29 is 13.9 Å². The number of nitrogens with zero attached hydrogens (tertiary/aromatic N) is 4. The van der Waals surface area contributed by atoms with Crippen LogP contribution in [0.2, 0.25) is 5.02 Å². The third kappa shape index (κ3) is 4.57. The van der Waals surface area contributed by atoms with E-state index in [-0.39, 0.29) is 17.0 Å². The van der Waals surface area contributed by atoms with Crippen LogP contribution in [0.5, 0.6) is 0 Å². The second-order valence-corrected chi connectivity index (χ2v) is 8.84. The van der Waals surface area contributed by atoms with Crippen molar-refractivity contribution in [3.05, 3.63) is 46.4 Å². The number of nitriles is 1. The Hall–Kier alpha value is -2.69. The summed E-state index contributed by atoms with van der Waals surface area (Å²) in [6.07, 6.45) is 2.44. The zero-order valence-corrected chi connectivity index (χ0v) is 19.0. The zero-order valence-electron chi connectivity index (χ0n) is 18.3. The molecule has 8 heteroatoms. The first-order valence-corrected chi connectivity index (χ1v) is 11.2. The summed E-state index contributed by atoms with van der Waals surface area (Å²) in [6, 6.07) is 8.74. The highest BCUT2D eigenvalue weighted by atomic mass is 35.5. The Morgan fingerprint density at radius 1 is 1.34 bits per heavy atom. The van der Waals surface area contributed by atoms with Crippen LogP contribution >= 0.6 is 11.6 Å². The minimum Gasteiger partial charge on any atom is -0.384 e. The van der Waals surface area contributed by atoms with Gasteiger partial charge in [-0.2, -0.15) is 5.26 Å². The molecule has 2 aromatic rings. The van der Waals surface area contributed by atoms with Crippen LogP contribution in [-0.2, 0) is 9.53 Å². The van der Waals surface area contributed by atoms with E-state index in [9.17, 15) is 14.4 Å². The number of carbonyl (C=O) groups is 1. The number of amides is 1. The molecule has 32 heavy (non-hydrogen) atoms. The van der Waals surface area contributed by atoms with Crippen LogP contribution in [0.1, 0.15) is 43.4 Å². The van der Waals surface area contributed by atoms with Gasteiger partial charge in [-0.1, -0.05) is 17.7 Å². The summed E-state index contributed by atoms with van der Waals surface area (Å²) in [5.41, 5.74) is 2.98. The van der Waals surface area contributed by atoms with Crippen LogP contribution < -0.4 is 4.90 Å². The molecule has 2 aliphatic rings. The molecule has 1 aliphatic heterocycles. The smallest absolute Gasteiger partial charge is 0.225 e. The first-order chi connectivity index (χ1) is 15.4. The number of piperazine rings is 1. The first-order valence-electron chi connectivity index (χ1n) is 10.9. The van der Waals surface area contributed by atoms with Gasteiger partial charge in [0.1, 0.15) is 17.7 Å². The minimum atomic E-state index is -0.472. The summed E-state index contributed by atoms with van der Waals surface area (Å²) in [4.78, 5) is 21.4. The van der Waals surface area contributed by atoms with E-state index in [1.807, 2.05) is 17.9 Å². The first kappa shape index (κ1) is 22.5. The molecule has 4 rings (SSSR count). The van der Waals surface area contributed by atoms with Crippen molar-refractivity contribution in [3.8, 4) is 17.2 Å². The van der Waals surface area contributed by atoms with Crippen molar-refractivity contribution in [2.45, 2.75) is 38.1 Å². The third-order valence-electron chi connectivity index (χ3n) is 6.11. The maximum absolute atomic E-state index is 13.7. The number of ether oxygens (including phenoxy) is 1. The number of hydrogen-bond donors (Lipinski definition) is 0. The van der Waals surface area contributed by atoms with Gasteiger partial charge in [0.2, 0.25) is 5.91 Å². The molecule has 1 amide bonds. The Bertz CT molecular complexity index is 1070.